The molecule has 12 heteroatoms. The fourth-order valence-corrected chi connectivity index (χ4v) is 3.98. The summed E-state index contributed by atoms with van der Waals surface area (Å²) in [7, 11) is 0. The molecule has 29 heavy (non-hydrogen) atoms. The standard InChI is InChI=1S/C17H24N2O9S/c1-8(20)24-6-5-18-17-19-13-15(27-11(4)23)14(26-10(3)22)12(7-25-9(2)21)28-16(13)29-17/h12-16H,5-7H2,1-4H3,(H,18,19)/t12-,13-,14-,15-,16-/m1/s1. The minimum absolute atomic E-state index is 0.156. The van der Waals surface area contributed by atoms with Crippen LogP contribution in [-0.4, -0.2) is 78.6 Å². The first-order chi connectivity index (χ1) is 13.7. The van der Waals surface area contributed by atoms with Crippen LogP contribution >= 0.6 is 11.8 Å². The van der Waals surface area contributed by atoms with E-state index < -0.39 is 53.7 Å². The Balaban J connectivity index is 2.15. The molecule has 5 atom stereocenters. The van der Waals surface area contributed by atoms with Crippen LogP contribution in [0.4, 0.5) is 0 Å². The molecule has 1 saturated heterocycles. The van der Waals surface area contributed by atoms with Gasteiger partial charge in [-0.05, 0) is 0 Å². The number of esters is 4. The van der Waals surface area contributed by atoms with Gasteiger partial charge in [-0.25, -0.2) is 0 Å². The Hall–Kier alpha value is -2.34. The Morgan fingerprint density at radius 1 is 0.966 bits per heavy atom. The number of carbonyl (C=O) groups excluding carboxylic acids is 4. The minimum atomic E-state index is -0.998. The van der Waals surface area contributed by atoms with E-state index in [-0.39, 0.29) is 13.2 Å². The molecule has 0 bridgehead atoms. The van der Waals surface area contributed by atoms with E-state index in [1.807, 2.05) is 0 Å². The first-order valence-electron chi connectivity index (χ1n) is 8.92. The predicted molar refractivity (Wildman–Crippen MR) is 99.9 cm³/mol. The van der Waals surface area contributed by atoms with Crippen molar-refractivity contribution >= 4 is 40.8 Å². The lowest BCUT2D eigenvalue weighted by molar-refractivity contribution is -0.208. The number of fused-ring (bicyclic) bond motifs is 1. The van der Waals surface area contributed by atoms with Crippen molar-refractivity contribution in [1.29, 1.82) is 0 Å². The van der Waals surface area contributed by atoms with Crippen LogP contribution in [0.2, 0.25) is 0 Å². The number of nitrogens with one attached hydrogen (secondary N) is 1. The summed E-state index contributed by atoms with van der Waals surface area (Å²) < 4.78 is 26.5. The normalized spacial score (nSPS) is 27.9. The Morgan fingerprint density at radius 2 is 1.59 bits per heavy atom. The molecule has 0 amide bonds. The number of thioether (sulfide) groups is 1. The number of rotatable bonds is 7. The Kier molecular flexibility index (Phi) is 8.26. The molecule has 0 radical (unpaired) electrons. The van der Waals surface area contributed by atoms with Gasteiger partial charge in [0, 0.05) is 27.7 Å². The molecule has 162 valence electrons. The highest BCUT2D eigenvalue weighted by Crippen LogP contribution is 2.38. The molecular formula is C17H24N2O9S. The molecule has 2 rings (SSSR count). The van der Waals surface area contributed by atoms with Crippen molar-refractivity contribution < 1.29 is 42.9 Å². The van der Waals surface area contributed by atoms with Gasteiger partial charge in [0.05, 0.1) is 6.54 Å². The second kappa shape index (κ2) is 10.4. The summed E-state index contributed by atoms with van der Waals surface area (Å²) in [5, 5.41) is 3.51. The third kappa shape index (κ3) is 6.89. The molecule has 0 spiro atoms. The van der Waals surface area contributed by atoms with E-state index in [2.05, 4.69) is 10.3 Å². The van der Waals surface area contributed by atoms with E-state index >= 15 is 0 Å². The van der Waals surface area contributed by atoms with Crippen LogP contribution in [0.3, 0.4) is 0 Å². The zero-order valence-corrected chi connectivity index (χ0v) is 17.4. The highest BCUT2D eigenvalue weighted by molar-refractivity contribution is 8.14. The van der Waals surface area contributed by atoms with Crippen LogP contribution in [0, 0.1) is 0 Å². The van der Waals surface area contributed by atoms with Crippen LogP contribution in [0.5, 0.6) is 0 Å². The summed E-state index contributed by atoms with van der Waals surface area (Å²) in [6.45, 7) is 5.32. The molecule has 0 aromatic rings. The molecule has 2 heterocycles. The Bertz CT molecular complexity index is 684. The third-order valence-electron chi connectivity index (χ3n) is 3.85. The Labute approximate surface area is 171 Å². The van der Waals surface area contributed by atoms with E-state index in [1.54, 1.807) is 0 Å². The first-order valence-corrected chi connectivity index (χ1v) is 9.80. The lowest BCUT2D eigenvalue weighted by Gasteiger charge is -2.41. The quantitative estimate of drug-likeness (QED) is 0.324. The summed E-state index contributed by atoms with van der Waals surface area (Å²) in [4.78, 5) is 49.8. The van der Waals surface area contributed by atoms with Crippen molar-refractivity contribution in [2.24, 2.45) is 4.99 Å². The minimum Gasteiger partial charge on any atom is -0.464 e. The van der Waals surface area contributed by atoms with Gasteiger partial charge < -0.3 is 29.0 Å². The maximum absolute atomic E-state index is 11.7. The monoisotopic (exact) mass is 432 g/mol. The molecule has 0 aliphatic carbocycles. The highest BCUT2D eigenvalue weighted by atomic mass is 32.2. The topological polar surface area (TPSA) is 139 Å². The number of aliphatic imine (C=N–C) groups is 1. The molecular weight excluding hydrogens is 408 g/mol. The molecule has 0 aromatic carbocycles. The summed E-state index contributed by atoms with van der Waals surface area (Å²) in [5.74, 6) is -2.09. The fraction of sp³-hybridized carbons (Fsp3) is 0.706. The van der Waals surface area contributed by atoms with Crippen molar-refractivity contribution in [2.75, 3.05) is 19.8 Å². The van der Waals surface area contributed by atoms with Crippen LogP contribution in [0.25, 0.3) is 0 Å². The van der Waals surface area contributed by atoms with Crippen molar-refractivity contribution in [2.45, 2.75) is 57.5 Å². The van der Waals surface area contributed by atoms with E-state index in [9.17, 15) is 19.2 Å². The summed E-state index contributed by atoms with van der Waals surface area (Å²) >= 11 is 1.25. The summed E-state index contributed by atoms with van der Waals surface area (Å²) in [6, 6.07) is -0.641. The number of hydrogen-bond acceptors (Lipinski definition) is 12. The van der Waals surface area contributed by atoms with Crippen LogP contribution in [-0.2, 0) is 42.9 Å². The van der Waals surface area contributed by atoms with Crippen molar-refractivity contribution in [1.82, 2.24) is 5.32 Å². The maximum atomic E-state index is 11.7. The van der Waals surface area contributed by atoms with E-state index in [1.165, 1.54) is 39.5 Å². The van der Waals surface area contributed by atoms with Gasteiger partial charge >= 0.3 is 23.9 Å². The molecule has 11 nitrogen and oxygen atoms in total. The van der Waals surface area contributed by atoms with Gasteiger partial charge in [0.25, 0.3) is 0 Å². The van der Waals surface area contributed by atoms with Gasteiger partial charge in [-0.15, -0.1) is 0 Å². The van der Waals surface area contributed by atoms with Crippen molar-refractivity contribution in [3.05, 3.63) is 0 Å². The van der Waals surface area contributed by atoms with Crippen molar-refractivity contribution in [3.8, 4) is 0 Å². The van der Waals surface area contributed by atoms with Gasteiger partial charge in [-0.2, -0.15) is 0 Å². The number of hydrogen-bond donors (Lipinski definition) is 1. The van der Waals surface area contributed by atoms with Gasteiger partial charge in [0.1, 0.15) is 30.8 Å². The zero-order valence-electron chi connectivity index (χ0n) is 16.5. The van der Waals surface area contributed by atoms with Gasteiger partial charge in [0.15, 0.2) is 17.4 Å². The second-order valence-corrected chi connectivity index (χ2v) is 7.39. The molecule has 1 fully saturated rings. The van der Waals surface area contributed by atoms with E-state index in [0.717, 1.165) is 0 Å². The molecule has 2 aliphatic rings. The smallest absolute Gasteiger partial charge is 0.303 e. The van der Waals surface area contributed by atoms with Crippen LogP contribution in [0.15, 0.2) is 4.99 Å². The predicted octanol–water partition coefficient (Wildman–Crippen LogP) is -0.238. The molecule has 2 aliphatic heterocycles. The lowest BCUT2D eigenvalue weighted by Crippen LogP contribution is -2.59. The van der Waals surface area contributed by atoms with Gasteiger partial charge in [-0.3, -0.25) is 24.2 Å². The SMILES string of the molecule is CC(=O)OCCNC1=N[C@@H]2[C@@H](OC(C)=O)[C@H](OC(C)=O)[C@@H](COC(C)=O)O[C@@H]2S1. The number of nitrogens with zero attached hydrogens (tertiary/aromatic N) is 1. The van der Waals surface area contributed by atoms with Crippen LogP contribution in [0.1, 0.15) is 27.7 Å². The van der Waals surface area contributed by atoms with E-state index in [0.29, 0.717) is 11.7 Å². The average Bonchev–Trinajstić information content (AvgIpc) is 3.01. The largest absolute Gasteiger partial charge is 0.464 e. The number of ether oxygens (including phenoxy) is 5. The number of amidine groups is 1. The van der Waals surface area contributed by atoms with E-state index in [4.69, 9.17) is 23.7 Å². The average molecular weight is 432 g/mol. The highest BCUT2D eigenvalue weighted by Gasteiger charge is 2.53. The van der Waals surface area contributed by atoms with Crippen LogP contribution < -0.4 is 5.32 Å². The molecule has 1 N–H and O–H groups in total. The third-order valence-corrected chi connectivity index (χ3v) is 4.94. The van der Waals surface area contributed by atoms with Gasteiger partial charge in [-0.1, -0.05) is 11.8 Å². The Morgan fingerprint density at radius 3 is 2.17 bits per heavy atom. The molecule has 0 aromatic heterocycles. The summed E-state index contributed by atoms with van der Waals surface area (Å²) in [5.41, 5.74) is -0.553. The fourth-order valence-electron chi connectivity index (χ4n) is 2.84. The maximum Gasteiger partial charge on any atom is 0.303 e. The summed E-state index contributed by atoms with van der Waals surface area (Å²) in [6.07, 6.45) is -2.76. The first kappa shape index (κ1) is 22.9. The zero-order chi connectivity index (χ0) is 21.6. The molecule has 0 saturated carbocycles. The lowest BCUT2D eigenvalue weighted by atomic mass is 9.98. The second-order valence-electron chi connectivity index (χ2n) is 6.30. The van der Waals surface area contributed by atoms with Gasteiger partial charge in [0.2, 0.25) is 0 Å². The van der Waals surface area contributed by atoms with Crippen molar-refractivity contribution in [3.63, 3.8) is 0 Å². The molecule has 0 unspecified atom stereocenters. The number of carbonyl (C=O) groups is 4.